The largest absolute Gasteiger partial charge is 0.350 e. The fourth-order valence-electron chi connectivity index (χ4n) is 5.30. The summed E-state index contributed by atoms with van der Waals surface area (Å²) in [6.45, 7) is 8.76. The van der Waals surface area contributed by atoms with Crippen LogP contribution in [0.2, 0.25) is 0 Å². The van der Waals surface area contributed by atoms with Crippen LogP contribution in [0.3, 0.4) is 0 Å². The lowest BCUT2D eigenvalue weighted by molar-refractivity contribution is -0.132. The topological polar surface area (TPSA) is 52.7 Å². The van der Waals surface area contributed by atoms with Gasteiger partial charge in [-0.15, -0.1) is 0 Å². The van der Waals surface area contributed by atoms with Crippen LogP contribution in [0.4, 0.5) is 4.39 Å². The van der Waals surface area contributed by atoms with Crippen molar-refractivity contribution in [3.8, 4) is 0 Å². The Morgan fingerprint density at radius 3 is 2.55 bits per heavy atom. The van der Waals surface area contributed by atoms with Crippen molar-refractivity contribution < 1.29 is 14.0 Å². The van der Waals surface area contributed by atoms with E-state index < -0.39 is 0 Å². The number of nitrogens with zero attached hydrogens (tertiary/aromatic N) is 2. The highest BCUT2D eigenvalue weighted by molar-refractivity contribution is 5.84. The van der Waals surface area contributed by atoms with Crippen LogP contribution >= 0.6 is 0 Å². The zero-order chi connectivity index (χ0) is 20.6. The quantitative estimate of drug-likeness (QED) is 0.825. The molecule has 0 radical (unpaired) electrons. The molecule has 0 bridgehead atoms. The normalized spacial score (nSPS) is 26.2. The summed E-state index contributed by atoms with van der Waals surface area (Å²) in [5.74, 6) is 1.13. The molecule has 4 rings (SSSR count). The molecule has 1 N–H and O–H groups in total. The lowest BCUT2D eigenvalue weighted by atomic mass is 9.75. The van der Waals surface area contributed by atoms with Gasteiger partial charge in [0.25, 0.3) is 0 Å². The first kappa shape index (κ1) is 20.3. The minimum absolute atomic E-state index is 0.0808. The second-order valence-electron chi connectivity index (χ2n) is 9.48. The van der Waals surface area contributed by atoms with E-state index in [1.165, 1.54) is 18.6 Å². The summed E-state index contributed by atoms with van der Waals surface area (Å²) in [5.41, 5.74) is 0.684. The lowest BCUT2D eigenvalue weighted by Gasteiger charge is -2.43. The summed E-state index contributed by atoms with van der Waals surface area (Å²) in [5, 5.41) is 3.33. The highest BCUT2D eigenvalue weighted by atomic mass is 19.1. The number of benzene rings is 1. The van der Waals surface area contributed by atoms with Crippen LogP contribution in [0.15, 0.2) is 24.3 Å². The number of hydrogen-bond donors (Lipinski definition) is 1. The first-order valence-corrected chi connectivity index (χ1v) is 10.9. The van der Waals surface area contributed by atoms with Gasteiger partial charge in [0.05, 0.1) is 12.3 Å². The van der Waals surface area contributed by atoms with E-state index in [-0.39, 0.29) is 29.1 Å². The fourth-order valence-corrected chi connectivity index (χ4v) is 5.30. The van der Waals surface area contributed by atoms with Crippen LogP contribution in [0.1, 0.15) is 38.7 Å². The summed E-state index contributed by atoms with van der Waals surface area (Å²) in [4.78, 5) is 29.7. The molecule has 3 heterocycles. The Balaban J connectivity index is 1.35. The lowest BCUT2D eigenvalue weighted by Crippen LogP contribution is -2.56. The van der Waals surface area contributed by atoms with Crippen molar-refractivity contribution in [3.05, 3.63) is 35.6 Å². The van der Waals surface area contributed by atoms with E-state index >= 15 is 0 Å². The zero-order valence-corrected chi connectivity index (χ0v) is 17.5. The monoisotopic (exact) mass is 401 g/mol. The first-order valence-electron chi connectivity index (χ1n) is 10.9. The third-order valence-corrected chi connectivity index (χ3v) is 7.11. The average molecular weight is 402 g/mol. The number of nitrogens with one attached hydrogen (secondary N) is 1. The molecular weight excluding hydrogens is 369 g/mol. The van der Waals surface area contributed by atoms with E-state index in [1.54, 1.807) is 12.1 Å². The Morgan fingerprint density at radius 2 is 1.90 bits per heavy atom. The SMILES string of the molecule is CC(C)CCN1C[C@H]2C(=O)NC3(CCN(C(=O)Cc4ccc(F)cc4)CC3)[C@H]2C1. The van der Waals surface area contributed by atoms with Gasteiger partial charge in [-0.2, -0.15) is 0 Å². The van der Waals surface area contributed by atoms with Gasteiger partial charge in [0.15, 0.2) is 0 Å². The predicted molar refractivity (Wildman–Crippen MR) is 110 cm³/mol. The molecule has 0 unspecified atom stereocenters. The second kappa shape index (κ2) is 8.05. The van der Waals surface area contributed by atoms with E-state index in [0.717, 1.165) is 38.0 Å². The zero-order valence-electron chi connectivity index (χ0n) is 17.5. The van der Waals surface area contributed by atoms with E-state index in [9.17, 15) is 14.0 Å². The Morgan fingerprint density at radius 1 is 1.21 bits per heavy atom. The number of carbonyl (C=O) groups is 2. The number of piperidine rings is 1. The Labute approximate surface area is 172 Å². The molecule has 0 saturated carbocycles. The van der Waals surface area contributed by atoms with Crippen molar-refractivity contribution in [1.82, 2.24) is 15.1 Å². The predicted octanol–water partition coefficient (Wildman–Crippen LogP) is 2.45. The van der Waals surface area contributed by atoms with Gasteiger partial charge in [0, 0.05) is 37.6 Å². The highest BCUT2D eigenvalue weighted by Crippen LogP contribution is 2.44. The number of hydrogen-bond acceptors (Lipinski definition) is 3. The molecule has 0 aromatic heterocycles. The minimum atomic E-state index is -0.286. The van der Waals surface area contributed by atoms with Crippen molar-refractivity contribution in [3.63, 3.8) is 0 Å². The number of carbonyl (C=O) groups excluding carboxylic acids is 2. The molecule has 3 saturated heterocycles. The van der Waals surface area contributed by atoms with Crippen LogP contribution in [-0.2, 0) is 16.0 Å². The molecule has 2 atom stereocenters. The van der Waals surface area contributed by atoms with Crippen molar-refractivity contribution in [2.45, 2.75) is 45.1 Å². The van der Waals surface area contributed by atoms with E-state index in [4.69, 9.17) is 0 Å². The highest BCUT2D eigenvalue weighted by Gasteiger charge is 2.57. The molecule has 29 heavy (non-hydrogen) atoms. The first-order chi connectivity index (χ1) is 13.9. The van der Waals surface area contributed by atoms with E-state index in [0.29, 0.717) is 31.3 Å². The van der Waals surface area contributed by atoms with Crippen molar-refractivity contribution >= 4 is 11.8 Å². The molecule has 0 aliphatic carbocycles. The molecule has 3 aliphatic heterocycles. The third kappa shape index (κ3) is 4.18. The third-order valence-electron chi connectivity index (χ3n) is 7.11. The number of amides is 2. The van der Waals surface area contributed by atoms with Gasteiger partial charge >= 0.3 is 0 Å². The van der Waals surface area contributed by atoms with Gasteiger partial charge in [-0.1, -0.05) is 26.0 Å². The van der Waals surface area contributed by atoms with Crippen LogP contribution in [0, 0.1) is 23.6 Å². The summed E-state index contributed by atoms with van der Waals surface area (Å²) >= 11 is 0. The molecule has 3 aliphatic rings. The maximum absolute atomic E-state index is 13.1. The molecule has 1 spiro atoms. The van der Waals surface area contributed by atoms with Crippen LogP contribution in [0.25, 0.3) is 0 Å². The van der Waals surface area contributed by atoms with Crippen molar-refractivity contribution in [2.75, 3.05) is 32.7 Å². The number of rotatable bonds is 5. The van der Waals surface area contributed by atoms with Crippen LogP contribution in [-0.4, -0.2) is 59.9 Å². The smallest absolute Gasteiger partial charge is 0.226 e. The Kier molecular flexibility index (Phi) is 5.65. The Bertz CT molecular complexity index is 756. The standard InChI is InChI=1S/C23H32FN3O2/c1-16(2)7-10-26-14-19-20(15-26)23(25-22(19)29)8-11-27(12-9-23)21(28)13-17-3-5-18(24)6-4-17/h3-6,16,19-20H,7-15H2,1-2H3,(H,25,29)/t19-,20+/m1/s1. The summed E-state index contributed by atoms with van der Waals surface area (Å²) < 4.78 is 13.1. The molecule has 3 fully saturated rings. The fraction of sp³-hybridized carbons (Fsp3) is 0.652. The van der Waals surface area contributed by atoms with Gasteiger partial charge in [0.2, 0.25) is 11.8 Å². The minimum Gasteiger partial charge on any atom is -0.350 e. The van der Waals surface area contributed by atoms with Crippen LogP contribution < -0.4 is 5.32 Å². The summed E-state index contributed by atoms with van der Waals surface area (Å²) in [7, 11) is 0. The molecule has 5 nitrogen and oxygen atoms in total. The molecule has 1 aromatic carbocycles. The maximum Gasteiger partial charge on any atom is 0.226 e. The summed E-state index contributed by atoms with van der Waals surface area (Å²) in [6.07, 6.45) is 3.12. The molecule has 1 aromatic rings. The van der Waals surface area contributed by atoms with E-state index in [1.807, 2.05) is 4.90 Å². The number of halogens is 1. The number of fused-ring (bicyclic) bond motifs is 2. The molecule has 158 valence electrons. The van der Waals surface area contributed by atoms with Crippen molar-refractivity contribution in [1.29, 1.82) is 0 Å². The van der Waals surface area contributed by atoms with Gasteiger partial charge < -0.3 is 15.1 Å². The number of likely N-dealkylation sites (tertiary alicyclic amines) is 2. The van der Waals surface area contributed by atoms with Gasteiger partial charge in [0.1, 0.15) is 5.82 Å². The Hall–Kier alpha value is -1.95. The van der Waals surface area contributed by atoms with E-state index in [2.05, 4.69) is 24.1 Å². The second-order valence-corrected chi connectivity index (χ2v) is 9.48. The van der Waals surface area contributed by atoms with Crippen LogP contribution in [0.5, 0.6) is 0 Å². The van der Waals surface area contributed by atoms with Gasteiger partial charge in [-0.05, 0) is 49.4 Å². The average Bonchev–Trinajstić information content (AvgIpc) is 3.23. The van der Waals surface area contributed by atoms with Gasteiger partial charge in [-0.3, -0.25) is 9.59 Å². The van der Waals surface area contributed by atoms with Crippen molar-refractivity contribution in [2.24, 2.45) is 17.8 Å². The van der Waals surface area contributed by atoms with Gasteiger partial charge in [-0.25, -0.2) is 4.39 Å². The molecule has 6 heteroatoms. The molecule has 2 amide bonds. The maximum atomic E-state index is 13.1. The molecular formula is C23H32FN3O2. The summed E-state index contributed by atoms with van der Waals surface area (Å²) in [6, 6.07) is 6.13.